The number of aryl methyl sites for hydroxylation is 1. The van der Waals surface area contributed by atoms with E-state index in [0.29, 0.717) is 19.6 Å². The molecule has 25 heavy (non-hydrogen) atoms. The molecule has 0 bridgehead atoms. The minimum atomic E-state index is 0.0597. The summed E-state index contributed by atoms with van der Waals surface area (Å²) in [6, 6.07) is 8.23. The summed E-state index contributed by atoms with van der Waals surface area (Å²) in [4.78, 5) is 17.6. The van der Waals surface area contributed by atoms with Crippen LogP contribution in [0.1, 0.15) is 17.2 Å². The molecule has 130 valence electrons. The number of aromatic amines is 1. The van der Waals surface area contributed by atoms with Gasteiger partial charge in [-0.15, -0.1) is 10.2 Å². The molecule has 1 amide bonds. The molecule has 0 atom stereocenters. The first kappa shape index (κ1) is 15.8. The van der Waals surface area contributed by atoms with Gasteiger partial charge in [0.05, 0.1) is 13.1 Å². The van der Waals surface area contributed by atoms with Crippen LogP contribution in [0.25, 0.3) is 10.9 Å². The van der Waals surface area contributed by atoms with Gasteiger partial charge in [0.1, 0.15) is 11.6 Å². The Bertz CT molecular complexity index is 896. The number of para-hydroxylation sites is 1. The number of H-pyrrole nitrogens is 1. The van der Waals surface area contributed by atoms with E-state index in [-0.39, 0.29) is 5.91 Å². The second-order valence-electron chi connectivity index (χ2n) is 6.49. The van der Waals surface area contributed by atoms with E-state index < -0.39 is 0 Å². The van der Waals surface area contributed by atoms with Crippen molar-refractivity contribution in [3.8, 4) is 0 Å². The SMILES string of the molecule is Cc1nnc2n1CCN(CC(=O)NCCc1c[nH]c3ccccc13)C2. The maximum absolute atomic E-state index is 12.2. The number of hydrogen-bond donors (Lipinski definition) is 2. The van der Waals surface area contributed by atoms with Crippen LogP contribution in [0.5, 0.6) is 0 Å². The fraction of sp³-hybridized carbons (Fsp3) is 0.389. The highest BCUT2D eigenvalue weighted by Crippen LogP contribution is 2.17. The number of benzene rings is 1. The minimum absolute atomic E-state index is 0.0597. The molecule has 3 aromatic rings. The normalized spacial score (nSPS) is 14.6. The van der Waals surface area contributed by atoms with Crippen molar-refractivity contribution in [2.75, 3.05) is 19.6 Å². The van der Waals surface area contributed by atoms with Gasteiger partial charge >= 0.3 is 0 Å². The minimum Gasteiger partial charge on any atom is -0.361 e. The number of nitrogens with zero attached hydrogens (tertiary/aromatic N) is 4. The summed E-state index contributed by atoms with van der Waals surface area (Å²) in [6.45, 7) is 5.38. The molecule has 1 aliphatic rings. The van der Waals surface area contributed by atoms with Crippen LogP contribution < -0.4 is 5.32 Å². The highest BCUT2D eigenvalue weighted by Gasteiger charge is 2.21. The molecule has 0 spiro atoms. The van der Waals surface area contributed by atoms with Gasteiger partial charge in [-0.2, -0.15) is 0 Å². The van der Waals surface area contributed by atoms with Gasteiger partial charge in [-0.25, -0.2) is 0 Å². The molecule has 7 heteroatoms. The van der Waals surface area contributed by atoms with Crippen LogP contribution in [0, 0.1) is 6.92 Å². The lowest BCUT2D eigenvalue weighted by molar-refractivity contribution is -0.122. The van der Waals surface area contributed by atoms with Crippen LogP contribution in [-0.4, -0.2) is 50.2 Å². The van der Waals surface area contributed by atoms with Crippen LogP contribution in [0.4, 0.5) is 0 Å². The quantitative estimate of drug-likeness (QED) is 0.734. The standard InChI is InChI=1S/C18H22N6O/c1-13-21-22-17-11-23(8-9-24(13)17)12-18(25)19-7-6-14-10-20-16-5-3-2-4-15(14)16/h2-5,10,20H,6-9,11-12H2,1H3,(H,19,25). The van der Waals surface area contributed by atoms with E-state index in [2.05, 4.69) is 42.1 Å². The predicted molar refractivity (Wildman–Crippen MR) is 95.0 cm³/mol. The Morgan fingerprint density at radius 1 is 1.28 bits per heavy atom. The first-order valence-corrected chi connectivity index (χ1v) is 8.63. The molecule has 0 radical (unpaired) electrons. The summed E-state index contributed by atoms with van der Waals surface area (Å²) >= 11 is 0. The van der Waals surface area contributed by atoms with Crippen LogP contribution in [-0.2, 0) is 24.3 Å². The van der Waals surface area contributed by atoms with Crippen LogP contribution in [0.2, 0.25) is 0 Å². The van der Waals surface area contributed by atoms with Crippen LogP contribution >= 0.6 is 0 Å². The number of amides is 1. The molecule has 2 N–H and O–H groups in total. The molecular weight excluding hydrogens is 316 g/mol. The van der Waals surface area contributed by atoms with E-state index in [4.69, 9.17) is 0 Å². The molecule has 7 nitrogen and oxygen atoms in total. The van der Waals surface area contributed by atoms with E-state index in [1.807, 2.05) is 25.3 Å². The van der Waals surface area contributed by atoms with Crippen molar-refractivity contribution in [3.05, 3.63) is 47.7 Å². The number of fused-ring (bicyclic) bond motifs is 2. The van der Waals surface area contributed by atoms with Gasteiger partial charge in [-0.3, -0.25) is 9.69 Å². The molecule has 0 fully saturated rings. The first-order chi connectivity index (χ1) is 12.2. The van der Waals surface area contributed by atoms with E-state index >= 15 is 0 Å². The largest absolute Gasteiger partial charge is 0.361 e. The number of aromatic nitrogens is 4. The van der Waals surface area contributed by atoms with Gasteiger partial charge in [0.2, 0.25) is 5.91 Å². The average molecular weight is 338 g/mol. The number of carbonyl (C=O) groups is 1. The second-order valence-corrected chi connectivity index (χ2v) is 6.49. The monoisotopic (exact) mass is 338 g/mol. The maximum Gasteiger partial charge on any atom is 0.234 e. The number of carbonyl (C=O) groups excluding carboxylic acids is 1. The lowest BCUT2D eigenvalue weighted by Crippen LogP contribution is -2.42. The van der Waals surface area contributed by atoms with Crippen molar-refractivity contribution in [2.45, 2.75) is 26.4 Å². The topological polar surface area (TPSA) is 78.8 Å². The maximum atomic E-state index is 12.2. The summed E-state index contributed by atoms with van der Waals surface area (Å²) in [5.41, 5.74) is 2.37. The van der Waals surface area contributed by atoms with E-state index in [0.717, 1.165) is 36.7 Å². The third kappa shape index (κ3) is 3.28. The molecule has 3 heterocycles. The Hall–Kier alpha value is -2.67. The van der Waals surface area contributed by atoms with E-state index in [9.17, 15) is 4.79 Å². The molecule has 0 aliphatic carbocycles. The molecular formula is C18H22N6O. The van der Waals surface area contributed by atoms with Gasteiger partial charge in [0, 0.05) is 36.7 Å². The lowest BCUT2D eigenvalue weighted by Gasteiger charge is -2.26. The molecule has 4 rings (SSSR count). The Balaban J connectivity index is 1.27. The number of hydrogen-bond acceptors (Lipinski definition) is 4. The van der Waals surface area contributed by atoms with Crippen molar-refractivity contribution in [2.24, 2.45) is 0 Å². The van der Waals surface area contributed by atoms with Crippen LogP contribution in [0.3, 0.4) is 0 Å². The van der Waals surface area contributed by atoms with Crippen molar-refractivity contribution < 1.29 is 4.79 Å². The zero-order valence-corrected chi connectivity index (χ0v) is 14.3. The molecule has 1 aromatic carbocycles. The zero-order chi connectivity index (χ0) is 17.2. The highest BCUT2D eigenvalue weighted by molar-refractivity contribution is 5.83. The summed E-state index contributed by atoms with van der Waals surface area (Å²) in [7, 11) is 0. The Kier molecular flexibility index (Phi) is 4.23. The van der Waals surface area contributed by atoms with Crippen molar-refractivity contribution >= 4 is 16.8 Å². The van der Waals surface area contributed by atoms with Gasteiger partial charge in [0.15, 0.2) is 0 Å². The fourth-order valence-electron chi connectivity index (χ4n) is 3.42. The van der Waals surface area contributed by atoms with Gasteiger partial charge < -0.3 is 14.9 Å². The van der Waals surface area contributed by atoms with Gasteiger partial charge in [-0.1, -0.05) is 18.2 Å². The third-order valence-corrected chi connectivity index (χ3v) is 4.78. The summed E-state index contributed by atoms with van der Waals surface area (Å²) in [5.74, 6) is 1.94. The van der Waals surface area contributed by atoms with E-state index in [1.165, 1.54) is 10.9 Å². The first-order valence-electron chi connectivity index (χ1n) is 8.63. The Morgan fingerprint density at radius 2 is 2.16 bits per heavy atom. The average Bonchev–Trinajstić information content (AvgIpc) is 3.19. The zero-order valence-electron chi connectivity index (χ0n) is 14.3. The molecule has 2 aromatic heterocycles. The Labute approximate surface area is 146 Å². The molecule has 0 saturated heterocycles. The van der Waals surface area contributed by atoms with Crippen molar-refractivity contribution in [3.63, 3.8) is 0 Å². The van der Waals surface area contributed by atoms with Gasteiger partial charge in [0.25, 0.3) is 0 Å². The number of rotatable bonds is 5. The molecule has 0 unspecified atom stereocenters. The lowest BCUT2D eigenvalue weighted by atomic mass is 10.1. The highest BCUT2D eigenvalue weighted by atomic mass is 16.2. The second kappa shape index (κ2) is 6.68. The summed E-state index contributed by atoms with van der Waals surface area (Å²) < 4.78 is 2.12. The predicted octanol–water partition coefficient (Wildman–Crippen LogP) is 1.24. The number of nitrogens with one attached hydrogen (secondary N) is 2. The molecule has 0 saturated carbocycles. The van der Waals surface area contributed by atoms with Crippen molar-refractivity contribution in [1.29, 1.82) is 0 Å². The third-order valence-electron chi connectivity index (χ3n) is 4.78. The smallest absolute Gasteiger partial charge is 0.234 e. The van der Waals surface area contributed by atoms with E-state index in [1.54, 1.807) is 0 Å². The molecule has 1 aliphatic heterocycles. The summed E-state index contributed by atoms with van der Waals surface area (Å²) in [5, 5.41) is 12.5. The van der Waals surface area contributed by atoms with Crippen molar-refractivity contribution in [1.82, 2.24) is 30.0 Å². The summed E-state index contributed by atoms with van der Waals surface area (Å²) in [6.07, 6.45) is 2.85. The fourth-order valence-corrected chi connectivity index (χ4v) is 3.42. The van der Waals surface area contributed by atoms with Gasteiger partial charge in [-0.05, 0) is 25.0 Å². The Morgan fingerprint density at radius 3 is 3.08 bits per heavy atom. The van der Waals surface area contributed by atoms with Crippen LogP contribution in [0.15, 0.2) is 30.5 Å².